The van der Waals surface area contributed by atoms with Gasteiger partial charge < -0.3 is 18.8 Å². The smallest absolute Gasteiger partial charge is 0.213 e. The number of aryl methyl sites for hydroxylation is 1. The minimum absolute atomic E-state index is 0.991. The van der Waals surface area contributed by atoms with Gasteiger partial charge in [-0.05, 0) is 59.7 Å². The molecular weight excluding hydrogens is 749 g/mol. The lowest BCUT2D eigenvalue weighted by Gasteiger charge is -2.33. The minimum atomic E-state index is 0.991. The quantitative estimate of drug-likeness (QED) is 0.0804. The number of para-hydroxylation sites is 4. The molecule has 6 nitrogen and oxygen atoms in total. The van der Waals surface area contributed by atoms with Gasteiger partial charge in [0.2, 0.25) is 11.0 Å². The van der Waals surface area contributed by atoms with Crippen LogP contribution in [0.3, 0.4) is 0 Å². The summed E-state index contributed by atoms with van der Waals surface area (Å²) in [4.78, 5) is 7.22. The summed E-state index contributed by atoms with van der Waals surface area (Å²) < 4.78 is 6.94. The molecule has 0 aliphatic carbocycles. The monoisotopic (exact) mass is 806 g/mol. The van der Waals surface area contributed by atoms with Gasteiger partial charge in [-0.15, -0.1) is 0 Å². The van der Waals surface area contributed by atoms with E-state index in [4.69, 9.17) is 0 Å². The Morgan fingerprint density at radius 1 is 0.534 bits per heavy atom. The molecule has 4 aromatic carbocycles. The van der Waals surface area contributed by atoms with Crippen molar-refractivity contribution in [3.63, 3.8) is 0 Å². The Hall–Kier alpha value is -4.86. The Balaban J connectivity index is 0.833. The fraction of sp³-hybridized carbons (Fsp3) is 0.280. The number of nitrogens with zero attached hydrogens (tertiary/aromatic N) is 6. The zero-order chi connectivity index (χ0) is 40.3. The maximum absolute atomic E-state index is 2.45. The van der Waals surface area contributed by atoms with E-state index in [1.807, 2.05) is 23.5 Å². The minimum Gasteiger partial charge on any atom is -0.338 e. The molecule has 0 radical (unpaired) electrons. The molecule has 0 N–H and O–H groups in total. The Kier molecular flexibility index (Phi) is 11.8. The number of benzene rings is 4. The normalized spacial score (nSPS) is 15.8. The van der Waals surface area contributed by atoms with Crippen LogP contribution in [-0.4, -0.2) is 77.4 Å². The fourth-order valence-electron chi connectivity index (χ4n) is 8.36. The Morgan fingerprint density at radius 3 is 1.69 bits per heavy atom. The number of allylic oxidation sites excluding steroid dienone is 2. The predicted octanol–water partition coefficient (Wildman–Crippen LogP) is 9.84. The molecule has 0 saturated heterocycles. The zero-order valence-electron chi connectivity index (χ0n) is 35.0. The van der Waals surface area contributed by atoms with E-state index in [9.17, 15) is 0 Å². The topological polar surface area (TPSA) is 14.2 Å². The first-order chi connectivity index (χ1) is 28.1. The van der Waals surface area contributed by atoms with Crippen LogP contribution in [0.25, 0.3) is 34.0 Å². The maximum Gasteiger partial charge on any atom is 0.213 e. The van der Waals surface area contributed by atoms with Crippen LogP contribution < -0.4 is 18.9 Å². The van der Waals surface area contributed by atoms with Crippen molar-refractivity contribution in [2.24, 2.45) is 0 Å². The van der Waals surface area contributed by atoms with Crippen molar-refractivity contribution in [3.05, 3.63) is 155 Å². The van der Waals surface area contributed by atoms with Crippen LogP contribution in [0.5, 0.6) is 0 Å². The number of thioether (sulfide) groups is 2. The summed E-state index contributed by atoms with van der Waals surface area (Å²) in [5, 5.41) is 5.11. The average molecular weight is 807 g/mol. The first-order valence-electron chi connectivity index (χ1n) is 20.6. The van der Waals surface area contributed by atoms with E-state index < -0.39 is 0 Å². The van der Waals surface area contributed by atoms with Crippen LogP contribution in [0.1, 0.15) is 24.0 Å². The number of fused-ring (bicyclic) bond motifs is 4. The van der Waals surface area contributed by atoms with E-state index in [0.29, 0.717) is 0 Å². The molecule has 0 fully saturated rings. The lowest BCUT2D eigenvalue weighted by Crippen LogP contribution is -2.50. The Morgan fingerprint density at radius 2 is 1.03 bits per heavy atom. The number of likely N-dealkylation sites (N-methyl/N-ethyl adjacent to an activating group) is 1. The Bertz CT molecular complexity index is 2540. The van der Waals surface area contributed by atoms with Crippen LogP contribution in [0.2, 0.25) is 0 Å². The summed E-state index contributed by atoms with van der Waals surface area (Å²) in [6.07, 6.45) is 15.9. The van der Waals surface area contributed by atoms with Crippen LogP contribution in [0, 0.1) is 0 Å². The Labute approximate surface area is 354 Å². The second-order valence-corrected chi connectivity index (χ2v) is 19.2. The summed E-state index contributed by atoms with van der Waals surface area (Å²) in [5.74, 6) is 0. The lowest BCUT2D eigenvalue weighted by molar-refractivity contribution is -0.919. The number of pyridine rings is 2. The molecule has 6 aromatic rings. The SMILES string of the molecule is CN1/C(=C/C=C/c2cc[n+](CCC[N+](C)(C)CCC[N+](C)(C)CC[n+]3ccc(/C=C4\Sc5ccccc5N4C)c4ccccc43)c3ccccc23)Sc2ccccc21. The summed E-state index contributed by atoms with van der Waals surface area (Å²) in [7, 11) is 13.9. The highest BCUT2D eigenvalue weighted by Crippen LogP contribution is 2.46. The summed E-state index contributed by atoms with van der Waals surface area (Å²) in [5.41, 5.74) is 7.67. The van der Waals surface area contributed by atoms with Crippen LogP contribution in [0.4, 0.5) is 11.4 Å². The van der Waals surface area contributed by atoms with Crippen molar-refractivity contribution >= 4 is 68.9 Å². The highest BCUT2D eigenvalue weighted by atomic mass is 32.2. The van der Waals surface area contributed by atoms with Gasteiger partial charge in [-0.1, -0.05) is 84.2 Å². The van der Waals surface area contributed by atoms with Gasteiger partial charge in [-0.25, -0.2) is 0 Å². The van der Waals surface area contributed by atoms with E-state index in [2.05, 4.69) is 207 Å². The second-order valence-electron chi connectivity index (χ2n) is 17.0. The third-order valence-electron chi connectivity index (χ3n) is 11.9. The zero-order valence-corrected chi connectivity index (χ0v) is 36.6. The van der Waals surface area contributed by atoms with E-state index in [-0.39, 0.29) is 0 Å². The molecule has 0 bridgehead atoms. The first kappa shape index (κ1) is 39.9. The number of anilines is 2. The van der Waals surface area contributed by atoms with Gasteiger partial charge in [-0.2, -0.15) is 9.13 Å². The van der Waals surface area contributed by atoms with Crippen molar-refractivity contribution in [2.75, 3.05) is 78.3 Å². The van der Waals surface area contributed by atoms with Crippen molar-refractivity contribution in [1.82, 2.24) is 0 Å². The maximum atomic E-state index is 2.45. The molecule has 0 atom stereocenters. The van der Waals surface area contributed by atoms with Crippen molar-refractivity contribution in [3.8, 4) is 0 Å². The highest BCUT2D eigenvalue weighted by molar-refractivity contribution is 8.04. The summed E-state index contributed by atoms with van der Waals surface area (Å²) in [6.45, 7) is 6.60. The number of quaternary nitrogens is 2. The molecule has 8 rings (SSSR count). The largest absolute Gasteiger partial charge is 0.338 e. The van der Waals surface area contributed by atoms with E-state index in [0.717, 1.165) is 41.6 Å². The first-order valence-corrected chi connectivity index (χ1v) is 22.3. The number of hydrogen-bond acceptors (Lipinski definition) is 4. The molecule has 0 spiro atoms. The number of hydrogen-bond donors (Lipinski definition) is 0. The third kappa shape index (κ3) is 8.91. The van der Waals surface area contributed by atoms with E-state index in [1.54, 1.807) is 0 Å². The van der Waals surface area contributed by atoms with Crippen LogP contribution in [0.15, 0.2) is 154 Å². The molecule has 2 aliphatic heterocycles. The summed E-state index contributed by atoms with van der Waals surface area (Å²) in [6, 6.07) is 39.6. The van der Waals surface area contributed by atoms with Crippen molar-refractivity contribution < 1.29 is 18.1 Å². The van der Waals surface area contributed by atoms with Crippen molar-refractivity contribution in [1.29, 1.82) is 0 Å². The standard InChI is InChI=1S/C50H58N6S2/c1-51-45-23-11-13-25-47(45)57-49(51)27-15-18-39-28-31-53(43-21-9-7-19-41(39)43)30-16-34-55(3,4)35-17-36-56(5,6)37-33-54-32-29-40(42-20-8-10-22-44(42)54)38-50-52(2)46-24-12-14-26-48(46)58-50/h7-15,18-29,31-32,38H,16-17,30,33-37H2,1-6H3/q+4. The number of rotatable bonds is 14. The van der Waals surface area contributed by atoms with Gasteiger partial charge >= 0.3 is 0 Å². The van der Waals surface area contributed by atoms with Gasteiger partial charge in [0.05, 0.1) is 86.5 Å². The molecule has 0 saturated carbocycles. The van der Waals surface area contributed by atoms with Crippen LogP contribution in [-0.2, 0) is 13.1 Å². The van der Waals surface area contributed by atoms with Gasteiger partial charge in [0.15, 0.2) is 25.5 Å². The molecule has 2 aromatic heterocycles. The molecule has 2 aliphatic rings. The number of aromatic nitrogens is 2. The summed E-state index contributed by atoms with van der Waals surface area (Å²) >= 11 is 3.68. The fourth-order valence-corrected chi connectivity index (χ4v) is 10.5. The average Bonchev–Trinajstić information content (AvgIpc) is 3.72. The molecule has 0 amide bonds. The van der Waals surface area contributed by atoms with Gasteiger partial charge in [0.1, 0.15) is 6.54 Å². The van der Waals surface area contributed by atoms with E-state index in [1.165, 1.54) is 83.7 Å². The predicted molar refractivity (Wildman–Crippen MR) is 248 cm³/mol. The van der Waals surface area contributed by atoms with Crippen molar-refractivity contribution in [2.45, 2.75) is 35.7 Å². The molecule has 0 unspecified atom stereocenters. The molecule has 58 heavy (non-hydrogen) atoms. The molecule has 296 valence electrons. The second kappa shape index (κ2) is 17.2. The molecule has 4 heterocycles. The van der Waals surface area contributed by atoms with E-state index >= 15 is 0 Å². The molecular formula is C50H58N6S2+4. The third-order valence-corrected chi connectivity index (χ3v) is 14.2. The molecule has 8 heteroatoms. The van der Waals surface area contributed by atoms with Crippen LogP contribution >= 0.6 is 23.5 Å². The highest BCUT2D eigenvalue weighted by Gasteiger charge is 2.25. The van der Waals surface area contributed by atoms with Gasteiger partial charge in [0, 0.05) is 54.6 Å². The van der Waals surface area contributed by atoms with Gasteiger partial charge in [0.25, 0.3) is 0 Å². The van der Waals surface area contributed by atoms with Gasteiger partial charge in [-0.3, -0.25) is 0 Å². The lowest BCUT2D eigenvalue weighted by atomic mass is 10.1.